The van der Waals surface area contributed by atoms with Crippen molar-refractivity contribution in [3.05, 3.63) is 24.3 Å². The van der Waals surface area contributed by atoms with Crippen LogP contribution >= 0.6 is 0 Å². The fourth-order valence-corrected chi connectivity index (χ4v) is 2.66. The minimum atomic E-state index is -0.214. The largest absolute Gasteiger partial charge is 0.463 e. The molecule has 0 bridgehead atoms. The lowest BCUT2D eigenvalue weighted by Crippen LogP contribution is -2.02. The highest BCUT2D eigenvalue weighted by atomic mass is 16.5. The summed E-state index contributed by atoms with van der Waals surface area (Å²) in [5.74, 6) is -0.214. The van der Waals surface area contributed by atoms with Gasteiger partial charge in [0.2, 0.25) is 0 Å². The van der Waals surface area contributed by atoms with E-state index in [0.717, 1.165) is 12.8 Å². The Balaban J connectivity index is 2.22. The molecule has 1 aliphatic heterocycles. The SMILES string of the molecule is O=C1/C=C\C=C\CCCCCCCCCCCCCCO1. The minimum absolute atomic E-state index is 0.214. The summed E-state index contributed by atoms with van der Waals surface area (Å²) < 4.78 is 5.16. The normalized spacial score (nSPS) is 24.7. The Morgan fingerprint density at radius 3 is 1.81 bits per heavy atom. The van der Waals surface area contributed by atoms with E-state index in [4.69, 9.17) is 4.74 Å². The predicted octanol–water partition coefficient (Wildman–Crippen LogP) is 5.73. The van der Waals surface area contributed by atoms with Crippen molar-refractivity contribution in [2.45, 2.75) is 83.5 Å². The molecule has 0 aliphatic carbocycles. The Morgan fingerprint density at radius 1 is 0.667 bits per heavy atom. The van der Waals surface area contributed by atoms with Crippen molar-refractivity contribution in [3.8, 4) is 0 Å². The molecule has 0 unspecified atom stereocenters. The van der Waals surface area contributed by atoms with Gasteiger partial charge in [0.05, 0.1) is 6.61 Å². The minimum Gasteiger partial charge on any atom is -0.463 e. The lowest BCUT2D eigenvalue weighted by Gasteiger charge is -2.04. The Morgan fingerprint density at radius 2 is 1.19 bits per heavy atom. The molecule has 2 nitrogen and oxygen atoms in total. The Labute approximate surface area is 130 Å². The van der Waals surface area contributed by atoms with E-state index in [1.165, 1.54) is 76.7 Å². The summed E-state index contributed by atoms with van der Waals surface area (Å²) in [6.07, 6.45) is 24.2. The molecule has 0 saturated carbocycles. The zero-order chi connectivity index (χ0) is 15.0. The molecule has 1 heterocycles. The monoisotopic (exact) mass is 292 g/mol. The maximum Gasteiger partial charge on any atom is 0.330 e. The fourth-order valence-electron chi connectivity index (χ4n) is 2.66. The molecule has 21 heavy (non-hydrogen) atoms. The van der Waals surface area contributed by atoms with Crippen LogP contribution in [0.25, 0.3) is 0 Å². The van der Waals surface area contributed by atoms with Gasteiger partial charge in [-0.15, -0.1) is 0 Å². The van der Waals surface area contributed by atoms with Crippen LogP contribution in [0.5, 0.6) is 0 Å². The molecular weight excluding hydrogens is 260 g/mol. The molecule has 0 saturated heterocycles. The number of carbonyl (C=O) groups is 1. The second kappa shape index (κ2) is 13.9. The van der Waals surface area contributed by atoms with Crippen molar-refractivity contribution in [1.82, 2.24) is 0 Å². The maximum absolute atomic E-state index is 11.4. The maximum atomic E-state index is 11.4. The van der Waals surface area contributed by atoms with Crippen molar-refractivity contribution in [2.75, 3.05) is 6.61 Å². The zero-order valence-corrected chi connectivity index (χ0v) is 13.5. The molecule has 1 rings (SSSR count). The van der Waals surface area contributed by atoms with E-state index in [1.807, 2.05) is 6.08 Å². The second-order valence-corrected chi connectivity index (χ2v) is 5.99. The Bertz CT molecular complexity index is 305. The number of ether oxygens (including phenoxy) is 1. The van der Waals surface area contributed by atoms with E-state index in [-0.39, 0.29) is 5.97 Å². The topological polar surface area (TPSA) is 26.3 Å². The van der Waals surface area contributed by atoms with Crippen LogP contribution in [-0.4, -0.2) is 12.6 Å². The third-order valence-corrected chi connectivity index (χ3v) is 3.99. The summed E-state index contributed by atoms with van der Waals surface area (Å²) in [5.41, 5.74) is 0. The first-order valence-corrected chi connectivity index (χ1v) is 8.89. The third-order valence-electron chi connectivity index (χ3n) is 3.99. The number of carbonyl (C=O) groups excluding carboxylic acids is 1. The molecule has 0 aromatic carbocycles. The van der Waals surface area contributed by atoms with Gasteiger partial charge in [0.25, 0.3) is 0 Å². The lowest BCUT2D eigenvalue weighted by atomic mass is 10.0. The molecule has 0 spiro atoms. The van der Waals surface area contributed by atoms with Crippen molar-refractivity contribution in [2.24, 2.45) is 0 Å². The van der Waals surface area contributed by atoms with Gasteiger partial charge in [-0.1, -0.05) is 82.4 Å². The lowest BCUT2D eigenvalue weighted by molar-refractivity contribution is -0.137. The first kappa shape index (κ1) is 18.0. The molecule has 120 valence electrons. The van der Waals surface area contributed by atoms with Crippen molar-refractivity contribution in [3.63, 3.8) is 0 Å². The molecule has 2 heteroatoms. The first-order chi connectivity index (χ1) is 10.4. The van der Waals surface area contributed by atoms with Gasteiger partial charge >= 0.3 is 5.97 Å². The van der Waals surface area contributed by atoms with Crippen molar-refractivity contribution in [1.29, 1.82) is 0 Å². The van der Waals surface area contributed by atoms with Gasteiger partial charge in [0, 0.05) is 6.08 Å². The van der Waals surface area contributed by atoms with Crippen molar-refractivity contribution >= 4 is 5.97 Å². The van der Waals surface area contributed by atoms with E-state index in [2.05, 4.69) is 6.08 Å². The summed E-state index contributed by atoms with van der Waals surface area (Å²) in [6.45, 7) is 0.562. The number of allylic oxidation sites excluding steroid dienone is 3. The molecule has 0 aromatic rings. The molecule has 0 radical (unpaired) electrons. The van der Waals surface area contributed by atoms with Crippen molar-refractivity contribution < 1.29 is 9.53 Å². The van der Waals surface area contributed by atoms with Crippen LogP contribution in [0.15, 0.2) is 24.3 Å². The number of hydrogen-bond donors (Lipinski definition) is 0. The average molecular weight is 292 g/mol. The standard InChI is InChI=1S/C19H32O2/c20-19-17-15-13-11-9-7-5-3-1-2-4-6-8-10-12-14-16-18-21-19/h11,13,15,17H,1-10,12,14,16,18H2/b13-11+,17-15-. The molecule has 0 N–H and O–H groups in total. The third kappa shape index (κ3) is 12.4. The quantitative estimate of drug-likeness (QED) is 0.533. The first-order valence-electron chi connectivity index (χ1n) is 8.89. The summed E-state index contributed by atoms with van der Waals surface area (Å²) in [5, 5.41) is 0. The van der Waals surface area contributed by atoms with Gasteiger partial charge in [-0.3, -0.25) is 0 Å². The highest BCUT2D eigenvalue weighted by Crippen LogP contribution is 2.12. The van der Waals surface area contributed by atoms with E-state index in [0.29, 0.717) is 6.61 Å². The van der Waals surface area contributed by atoms with Crippen LogP contribution < -0.4 is 0 Å². The molecule has 0 fully saturated rings. The second-order valence-electron chi connectivity index (χ2n) is 5.99. The van der Waals surface area contributed by atoms with E-state index in [1.54, 1.807) is 6.08 Å². The summed E-state index contributed by atoms with van der Waals surface area (Å²) >= 11 is 0. The number of cyclic esters (lactones) is 1. The van der Waals surface area contributed by atoms with Gasteiger partial charge in [-0.2, -0.15) is 0 Å². The highest BCUT2D eigenvalue weighted by molar-refractivity contribution is 5.82. The van der Waals surface area contributed by atoms with Crippen LogP contribution in [0, 0.1) is 0 Å². The van der Waals surface area contributed by atoms with Crippen LogP contribution in [0.1, 0.15) is 83.5 Å². The Hall–Kier alpha value is -1.05. The van der Waals surface area contributed by atoms with E-state index >= 15 is 0 Å². The number of hydrogen-bond acceptors (Lipinski definition) is 2. The fraction of sp³-hybridized carbons (Fsp3) is 0.737. The zero-order valence-electron chi connectivity index (χ0n) is 13.5. The molecule has 1 aliphatic rings. The van der Waals surface area contributed by atoms with Crippen LogP contribution in [0.3, 0.4) is 0 Å². The highest BCUT2D eigenvalue weighted by Gasteiger charge is 1.97. The molecule has 0 amide bonds. The summed E-state index contributed by atoms with van der Waals surface area (Å²) in [7, 11) is 0. The van der Waals surface area contributed by atoms with Gasteiger partial charge in [-0.05, 0) is 19.3 Å². The summed E-state index contributed by atoms with van der Waals surface area (Å²) in [4.78, 5) is 11.4. The number of rotatable bonds is 0. The van der Waals surface area contributed by atoms with Gasteiger partial charge in [0.15, 0.2) is 0 Å². The molecule has 0 aromatic heterocycles. The summed E-state index contributed by atoms with van der Waals surface area (Å²) in [6, 6.07) is 0. The van der Waals surface area contributed by atoms with Gasteiger partial charge in [0.1, 0.15) is 0 Å². The van der Waals surface area contributed by atoms with Crippen LogP contribution in [0.2, 0.25) is 0 Å². The van der Waals surface area contributed by atoms with E-state index < -0.39 is 0 Å². The molecule has 0 atom stereocenters. The van der Waals surface area contributed by atoms with Crippen LogP contribution in [0.4, 0.5) is 0 Å². The van der Waals surface area contributed by atoms with E-state index in [9.17, 15) is 4.79 Å². The number of esters is 1. The molecular formula is C19H32O2. The smallest absolute Gasteiger partial charge is 0.330 e. The van der Waals surface area contributed by atoms with Gasteiger partial charge < -0.3 is 4.74 Å². The predicted molar refractivity (Wildman–Crippen MR) is 89.3 cm³/mol. The Kier molecular flexibility index (Phi) is 11.9. The van der Waals surface area contributed by atoms with Gasteiger partial charge in [-0.25, -0.2) is 4.79 Å². The average Bonchev–Trinajstić information content (AvgIpc) is 2.48. The van der Waals surface area contributed by atoms with Crippen LogP contribution in [-0.2, 0) is 9.53 Å².